The number of carboxylic acid groups (broad SMARTS) is 1. The van der Waals surface area contributed by atoms with Gasteiger partial charge in [-0.15, -0.1) is 6.92 Å². The van der Waals surface area contributed by atoms with E-state index in [1.165, 1.54) is 16.7 Å². The number of carboxylic acids is 1. The van der Waals surface area contributed by atoms with E-state index in [1.54, 1.807) is 0 Å². The predicted molar refractivity (Wildman–Crippen MR) is 57.9 cm³/mol. The fraction of sp³-hybridized carbons (Fsp3) is 0.583. The predicted octanol–water partition coefficient (Wildman–Crippen LogP) is 3.20. The van der Waals surface area contributed by atoms with E-state index in [2.05, 4.69) is 40.7 Å². The summed E-state index contributed by atoms with van der Waals surface area (Å²) in [5, 5.41) is 7.42. The number of rotatable bonds is 0. The molecule has 1 aliphatic rings. The fourth-order valence-corrected chi connectivity index (χ4v) is 1.41. The van der Waals surface area contributed by atoms with Gasteiger partial charge in [0.15, 0.2) is 0 Å². The van der Waals surface area contributed by atoms with Gasteiger partial charge in [-0.1, -0.05) is 33.1 Å². The Morgan fingerprint density at radius 3 is 1.67 bits per heavy atom. The standard InChI is InChI=1S/C10H15.C2H4O2.Rh/c1-7-6-10(4,5)9(3)8(7)2;1-2(3)4;/h1-5H3;1H3,(H,3,4);/q-1;;. The quantitative estimate of drug-likeness (QED) is 0.551. The van der Waals surface area contributed by atoms with Crippen LogP contribution in [0.2, 0.25) is 0 Å². The normalized spacial score (nSPS) is 17.3. The topological polar surface area (TPSA) is 37.3 Å². The summed E-state index contributed by atoms with van der Waals surface area (Å²) in [7, 11) is 0. The molecular weight excluding hydrogens is 279 g/mol. The van der Waals surface area contributed by atoms with Crippen LogP contribution in [-0.4, -0.2) is 11.1 Å². The molecule has 0 saturated carbocycles. The van der Waals surface area contributed by atoms with Crippen LogP contribution < -0.4 is 0 Å². The molecule has 0 aromatic carbocycles. The monoisotopic (exact) mass is 298 g/mol. The first-order valence-corrected chi connectivity index (χ1v) is 4.68. The van der Waals surface area contributed by atoms with Crippen molar-refractivity contribution in [3.63, 3.8) is 0 Å². The molecule has 0 heterocycles. The van der Waals surface area contributed by atoms with Crippen molar-refractivity contribution in [2.45, 2.75) is 41.5 Å². The molecule has 15 heavy (non-hydrogen) atoms. The molecule has 0 aromatic rings. The average Bonchev–Trinajstić information content (AvgIpc) is 2.13. The minimum absolute atomic E-state index is 0. The second kappa shape index (κ2) is 6.22. The molecule has 0 saturated heterocycles. The van der Waals surface area contributed by atoms with Gasteiger partial charge < -0.3 is 5.11 Å². The molecule has 0 spiro atoms. The van der Waals surface area contributed by atoms with Gasteiger partial charge in [0.1, 0.15) is 0 Å². The van der Waals surface area contributed by atoms with Crippen molar-refractivity contribution in [3.8, 4) is 0 Å². The molecule has 0 amide bonds. The van der Waals surface area contributed by atoms with Crippen LogP contribution >= 0.6 is 0 Å². The minimum Gasteiger partial charge on any atom is -0.481 e. The van der Waals surface area contributed by atoms with Crippen LogP contribution in [0.25, 0.3) is 0 Å². The summed E-state index contributed by atoms with van der Waals surface area (Å²) < 4.78 is 0. The Morgan fingerprint density at radius 2 is 1.60 bits per heavy atom. The number of aliphatic carboxylic acids is 1. The second-order valence-electron chi connectivity index (χ2n) is 4.14. The zero-order valence-electron chi connectivity index (χ0n) is 10.2. The van der Waals surface area contributed by atoms with Crippen LogP contribution in [0.1, 0.15) is 41.5 Å². The Bertz CT molecular complexity index is 295. The van der Waals surface area contributed by atoms with Crippen LogP contribution in [0.15, 0.2) is 16.7 Å². The van der Waals surface area contributed by atoms with E-state index in [9.17, 15) is 0 Å². The Hall–Kier alpha value is -0.427. The van der Waals surface area contributed by atoms with Crippen molar-refractivity contribution >= 4 is 5.97 Å². The fourth-order valence-electron chi connectivity index (χ4n) is 1.41. The van der Waals surface area contributed by atoms with E-state index < -0.39 is 5.97 Å². The maximum absolute atomic E-state index is 9.00. The molecule has 0 unspecified atom stereocenters. The molecule has 3 heteroatoms. The number of hydrogen-bond donors (Lipinski definition) is 1. The summed E-state index contributed by atoms with van der Waals surface area (Å²) in [6.07, 6.45) is 3.44. The molecule has 0 aliphatic heterocycles. The van der Waals surface area contributed by atoms with Gasteiger partial charge in [-0.3, -0.25) is 10.9 Å². The van der Waals surface area contributed by atoms with Crippen LogP contribution in [-0.2, 0) is 24.3 Å². The van der Waals surface area contributed by atoms with Crippen LogP contribution in [0.4, 0.5) is 0 Å². The Labute approximate surface area is 105 Å². The zero-order valence-corrected chi connectivity index (χ0v) is 11.8. The van der Waals surface area contributed by atoms with Crippen LogP contribution in [0.3, 0.4) is 0 Å². The number of allylic oxidation sites excluding steroid dienone is 4. The Balaban J connectivity index is 0. The summed E-state index contributed by atoms with van der Waals surface area (Å²) in [6.45, 7) is 12.0. The molecule has 1 radical (unpaired) electrons. The van der Waals surface area contributed by atoms with Gasteiger partial charge in [0, 0.05) is 26.4 Å². The molecule has 89 valence electrons. The van der Waals surface area contributed by atoms with E-state index in [-0.39, 0.29) is 24.9 Å². The molecule has 0 bridgehead atoms. The van der Waals surface area contributed by atoms with E-state index >= 15 is 0 Å². The molecule has 0 fully saturated rings. The molecule has 1 aliphatic carbocycles. The van der Waals surface area contributed by atoms with Crippen LogP contribution in [0, 0.1) is 11.5 Å². The zero-order chi connectivity index (χ0) is 11.5. The first-order chi connectivity index (χ1) is 6.18. The van der Waals surface area contributed by atoms with Gasteiger partial charge >= 0.3 is 0 Å². The van der Waals surface area contributed by atoms with E-state index in [1.807, 2.05) is 0 Å². The number of hydrogen-bond acceptors (Lipinski definition) is 1. The Morgan fingerprint density at radius 1 is 1.27 bits per heavy atom. The second-order valence-corrected chi connectivity index (χ2v) is 4.14. The summed E-state index contributed by atoms with van der Waals surface area (Å²) in [4.78, 5) is 9.00. The maximum atomic E-state index is 9.00. The van der Waals surface area contributed by atoms with Gasteiger partial charge in [-0.25, -0.2) is 5.57 Å². The van der Waals surface area contributed by atoms with E-state index in [4.69, 9.17) is 9.90 Å². The van der Waals surface area contributed by atoms with Crippen molar-refractivity contribution < 1.29 is 29.4 Å². The first-order valence-electron chi connectivity index (χ1n) is 4.68. The third-order valence-electron chi connectivity index (χ3n) is 2.56. The molecule has 2 nitrogen and oxygen atoms in total. The molecule has 0 atom stereocenters. The average molecular weight is 298 g/mol. The van der Waals surface area contributed by atoms with Gasteiger partial charge in [0.05, 0.1) is 0 Å². The summed E-state index contributed by atoms with van der Waals surface area (Å²) in [6, 6.07) is 0. The van der Waals surface area contributed by atoms with Crippen molar-refractivity contribution in [3.05, 3.63) is 22.8 Å². The van der Waals surface area contributed by atoms with E-state index in [0.29, 0.717) is 0 Å². The van der Waals surface area contributed by atoms with Crippen molar-refractivity contribution in [1.82, 2.24) is 0 Å². The third kappa shape index (κ3) is 5.27. The van der Waals surface area contributed by atoms with Crippen molar-refractivity contribution in [2.24, 2.45) is 5.41 Å². The maximum Gasteiger partial charge on any atom is 0.300 e. The summed E-state index contributed by atoms with van der Waals surface area (Å²) >= 11 is 0. The van der Waals surface area contributed by atoms with Crippen LogP contribution in [0.5, 0.6) is 0 Å². The molecular formula is C12H19O2Rh-. The molecule has 1 N–H and O–H groups in total. The Kier molecular flexibility index (Phi) is 7.04. The molecule has 0 aromatic heterocycles. The van der Waals surface area contributed by atoms with Crippen molar-refractivity contribution in [1.29, 1.82) is 0 Å². The number of carbonyl (C=O) groups is 1. The smallest absolute Gasteiger partial charge is 0.300 e. The minimum atomic E-state index is -0.833. The summed E-state index contributed by atoms with van der Waals surface area (Å²) in [5.74, 6) is -0.833. The van der Waals surface area contributed by atoms with Crippen molar-refractivity contribution in [2.75, 3.05) is 0 Å². The van der Waals surface area contributed by atoms with Gasteiger partial charge in [0.2, 0.25) is 0 Å². The molecule has 1 rings (SSSR count). The third-order valence-corrected chi connectivity index (χ3v) is 2.56. The van der Waals surface area contributed by atoms with E-state index in [0.717, 1.165) is 6.92 Å². The summed E-state index contributed by atoms with van der Waals surface area (Å²) in [5.41, 5.74) is 4.39. The SMILES string of the molecule is CC(=O)O.CC1=[C-]C(C)(C)C(C)=C1C.[Rh]. The van der Waals surface area contributed by atoms with Gasteiger partial charge in [-0.05, 0) is 0 Å². The first kappa shape index (κ1) is 17.0. The van der Waals surface area contributed by atoms with Gasteiger partial charge in [-0.2, -0.15) is 11.1 Å². The van der Waals surface area contributed by atoms with Gasteiger partial charge in [0.25, 0.3) is 5.97 Å². The largest absolute Gasteiger partial charge is 0.481 e.